The number of aliphatic hydroxyl groups excluding tert-OH is 1. The topological polar surface area (TPSA) is 70.7 Å². The van der Waals surface area contributed by atoms with Crippen LogP contribution in [0.15, 0.2) is 28.7 Å². The molecule has 0 spiro atoms. The van der Waals surface area contributed by atoms with E-state index in [1.165, 1.54) is 0 Å². The molecular formula is C12H7F3O4. The molecule has 2 rings (SSSR count). The van der Waals surface area contributed by atoms with Crippen molar-refractivity contribution in [2.75, 3.05) is 0 Å². The molecule has 0 bridgehead atoms. The molecule has 1 heterocycles. The fraction of sp³-hybridized carbons (Fsp3) is 0.0833. The lowest BCUT2D eigenvalue weighted by molar-refractivity contribution is 0.0654. The Labute approximate surface area is 104 Å². The molecule has 4 nitrogen and oxygen atoms in total. The molecule has 19 heavy (non-hydrogen) atoms. The number of carbonyl (C=O) groups is 1. The third kappa shape index (κ3) is 2.32. The average Bonchev–Trinajstić information content (AvgIpc) is 2.85. The minimum absolute atomic E-state index is 0.290. The summed E-state index contributed by atoms with van der Waals surface area (Å²) in [7, 11) is 0. The first-order valence-corrected chi connectivity index (χ1v) is 5.06. The summed E-state index contributed by atoms with van der Waals surface area (Å²) in [5.74, 6) is -6.79. The number of benzene rings is 1. The third-order valence-electron chi connectivity index (χ3n) is 2.47. The third-order valence-corrected chi connectivity index (χ3v) is 2.47. The van der Waals surface area contributed by atoms with Crippen LogP contribution in [0.3, 0.4) is 0 Å². The minimum Gasteiger partial charge on any atom is -0.475 e. The van der Waals surface area contributed by atoms with Crippen LogP contribution in [0.1, 0.15) is 28.0 Å². The maximum absolute atomic E-state index is 13.4. The summed E-state index contributed by atoms with van der Waals surface area (Å²) in [4.78, 5) is 10.6. The zero-order valence-electron chi connectivity index (χ0n) is 9.23. The summed E-state index contributed by atoms with van der Waals surface area (Å²) in [5.41, 5.74) is -0.551. The molecule has 100 valence electrons. The van der Waals surface area contributed by atoms with E-state index >= 15 is 0 Å². The largest absolute Gasteiger partial charge is 0.475 e. The van der Waals surface area contributed by atoms with Crippen LogP contribution in [0.4, 0.5) is 13.2 Å². The second-order valence-electron chi connectivity index (χ2n) is 3.67. The smallest absolute Gasteiger partial charge is 0.371 e. The Morgan fingerprint density at radius 2 is 1.79 bits per heavy atom. The Morgan fingerprint density at radius 1 is 1.11 bits per heavy atom. The molecule has 7 heteroatoms. The summed E-state index contributed by atoms with van der Waals surface area (Å²) < 4.78 is 43.9. The van der Waals surface area contributed by atoms with Crippen molar-refractivity contribution in [1.82, 2.24) is 0 Å². The number of hydrogen-bond acceptors (Lipinski definition) is 3. The Morgan fingerprint density at radius 3 is 2.37 bits per heavy atom. The van der Waals surface area contributed by atoms with Crippen molar-refractivity contribution in [3.8, 4) is 0 Å². The molecular weight excluding hydrogens is 265 g/mol. The van der Waals surface area contributed by atoms with Crippen molar-refractivity contribution in [2.45, 2.75) is 6.10 Å². The van der Waals surface area contributed by atoms with Gasteiger partial charge in [0, 0.05) is 5.56 Å². The highest BCUT2D eigenvalue weighted by Gasteiger charge is 2.23. The van der Waals surface area contributed by atoms with Crippen LogP contribution in [-0.4, -0.2) is 16.2 Å². The van der Waals surface area contributed by atoms with Gasteiger partial charge >= 0.3 is 5.97 Å². The second kappa shape index (κ2) is 4.77. The quantitative estimate of drug-likeness (QED) is 0.842. The van der Waals surface area contributed by atoms with Crippen LogP contribution in [-0.2, 0) is 0 Å². The predicted molar refractivity (Wildman–Crippen MR) is 56.0 cm³/mol. The van der Waals surface area contributed by atoms with Gasteiger partial charge in [0.1, 0.15) is 11.9 Å². The van der Waals surface area contributed by atoms with Gasteiger partial charge in [-0.2, -0.15) is 0 Å². The summed E-state index contributed by atoms with van der Waals surface area (Å²) in [6.07, 6.45) is -1.73. The van der Waals surface area contributed by atoms with Gasteiger partial charge in [0.05, 0.1) is 0 Å². The van der Waals surface area contributed by atoms with E-state index in [4.69, 9.17) is 9.52 Å². The fourth-order valence-corrected chi connectivity index (χ4v) is 1.52. The van der Waals surface area contributed by atoms with Gasteiger partial charge in [-0.15, -0.1) is 0 Å². The molecule has 0 aliphatic rings. The van der Waals surface area contributed by atoms with Crippen LogP contribution in [0.25, 0.3) is 0 Å². The molecule has 1 aromatic carbocycles. The zero-order valence-corrected chi connectivity index (χ0v) is 9.23. The van der Waals surface area contributed by atoms with Crippen LogP contribution in [0.5, 0.6) is 0 Å². The number of halogens is 3. The highest BCUT2D eigenvalue weighted by Crippen LogP contribution is 2.27. The van der Waals surface area contributed by atoms with E-state index in [0.29, 0.717) is 6.07 Å². The number of aromatic carboxylic acids is 1. The lowest BCUT2D eigenvalue weighted by Gasteiger charge is -2.09. The van der Waals surface area contributed by atoms with Gasteiger partial charge in [-0.3, -0.25) is 0 Å². The Balaban J connectivity index is 2.41. The molecule has 0 saturated heterocycles. The molecule has 2 N–H and O–H groups in total. The summed E-state index contributed by atoms with van der Waals surface area (Å²) in [6, 6.07) is 3.66. The molecule has 1 unspecified atom stereocenters. The van der Waals surface area contributed by atoms with Crippen molar-refractivity contribution >= 4 is 5.97 Å². The van der Waals surface area contributed by atoms with Gasteiger partial charge in [0.15, 0.2) is 17.5 Å². The van der Waals surface area contributed by atoms with Gasteiger partial charge < -0.3 is 14.6 Å². The number of carboxylic acid groups (broad SMARTS) is 1. The number of hydrogen-bond donors (Lipinski definition) is 2. The lowest BCUT2D eigenvalue weighted by Crippen LogP contribution is -2.05. The Hall–Kier alpha value is -2.28. The monoisotopic (exact) mass is 272 g/mol. The highest BCUT2D eigenvalue weighted by atomic mass is 19.2. The van der Waals surface area contributed by atoms with Gasteiger partial charge in [0.25, 0.3) is 0 Å². The van der Waals surface area contributed by atoms with Gasteiger partial charge in [0.2, 0.25) is 5.76 Å². The van der Waals surface area contributed by atoms with Crippen LogP contribution < -0.4 is 0 Å². The van der Waals surface area contributed by atoms with Gasteiger partial charge in [-0.25, -0.2) is 18.0 Å². The second-order valence-corrected chi connectivity index (χ2v) is 3.67. The molecule has 1 atom stereocenters. The molecule has 2 aromatic rings. The van der Waals surface area contributed by atoms with Crippen LogP contribution in [0.2, 0.25) is 0 Å². The maximum atomic E-state index is 13.4. The van der Waals surface area contributed by atoms with E-state index in [1.54, 1.807) is 0 Å². The lowest BCUT2D eigenvalue weighted by atomic mass is 10.1. The predicted octanol–water partition coefficient (Wildman–Crippen LogP) is 2.48. The van der Waals surface area contributed by atoms with Crippen molar-refractivity contribution < 1.29 is 32.6 Å². The van der Waals surface area contributed by atoms with Crippen molar-refractivity contribution in [3.63, 3.8) is 0 Å². The molecule has 0 saturated carbocycles. The van der Waals surface area contributed by atoms with Crippen LogP contribution >= 0.6 is 0 Å². The molecule has 0 aliphatic heterocycles. The number of aliphatic hydroxyl groups is 1. The zero-order chi connectivity index (χ0) is 14.2. The summed E-state index contributed by atoms with van der Waals surface area (Å²) in [5, 5.41) is 18.4. The SMILES string of the molecule is O=C(O)c1ccc(C(O)c2ccc(F)c(F)c2F)o1. The number of rotatable bonds is 3. The highest BCUT2D eigenvalue weighted by molar-refractivity contribution is 5.84. The first-order valence-electron chi connectivity index (χ1n) is 5.06. The Bertz CT molecular complexity index is 636. The normalized spacial score (nSPS) is 12.4. The molecule has 0 aliphatic carbocycles. The van der Waals surface area contributed by atoms with E-state index in [2.05, 4.69) is 0 Å². The van der Waals surface area contributed by atoms with E-state index in [1.807, 2.05) is 0 Å². The first kappa shape index (κ1) is 13.2. The van der Waals surface area contributed by atoms with E-state index in [-0.39, 0.29) is 5.76 Å². The van der Waals surface area contributed by atoms with Gasteiger partial charge in [-0.1, -0.05) is 0 Å². The van der Waals surface area contributed by atoms with Crippen molar-refractivity contribution in [2.24, 2.45) is 0 Å². The maximum Gasteiger partial charge on any atom is 0.371 e. The molecule has 0 fully saturated rings. The fourth-order valence-electron chi connectivity index (χ4n) is 1.52. The summed E-state index contributed by atoms with van der Waals surface area (Å²) >= 11 is 0. The van der Waals surface area contributed by atoms with Crippen LogP contribution in [0, 0.1) is 17.5 Å². The van der Waals surface area contributed by atoms with Crippen molar-refractivity contribution in [1.29, 1.82) is 0 Å². The number of carboxylic acids is 1. The molecule has 0 amide bonds. The Kier molecular flexibility index (Phi) is 3.30. The molecule has 1 aromatic heterocycles. The standard InChI is InChI=1S/C12H7F3O4/c13-6-2-1-5(9(14)10(6)15)11(16)7-3-4-8(19-7)12(17)18/h1-4,11,16H,(H,17,18). The van der Waals surface area contributed by atoms with E-state index in [9.17, 15) is 23.1 Å². The average molecular weight is 272 g/mol. The first-order chi connectivity index (χ1) is 8.91. The van der Waals surface area contributed by atoms with Gasteiger partial charge in [-0.05, 0) is 24.3 Å². The molecule has 0 radical (unpaired) electrons. The number of furan rings is 1. The van der Waals surface area contributed by atoms with E-state index in [0.717, 1.165) is 18.2 Å². The van der Waals surface area contributed by atoms with E-state index < -0.39 is 40.8 Å². The minimum atomic E-state index is -1.73. The van der Waals surface area contributed by atoms with Crippen molar-refractivity contribution in [3.05, 3.63) is 58.8 Å². The summed E-state index contributed by atoms with van der Waals surface area (Å²) in [6.45, 7) is 0.